The maximum Gasteiger partial charge on any atom is 0.142 e. The SMILES string of the molecule is CCCN(Cc1ccccn1)c1c(SC)nn2c(-c3c(C)cc(C)cc3OC)cccc12. The molecule has 0 saturated heterocycles. The molecule has 0 N–H and O–H groups in total. The molecule has 0 spiro atoms. The number of ether oxygens (including phenoxy) is 1. The number of anilines is 1. The average molecular weight is 447 g/mol. The molecule has 32 heavy (non-hydrogen) atoms. The summed E-state index contributed by atoms with van der Waals surface area (Å²) in [6.07, 6.45) is 4.99. The van der Waals surface area contributed by atoms with Crippen molar-refractivity contribution < 1.29 is 4.74 Å². The van der Waals surface area contributed by atoms with Gasteiger partial charge in [-0.15, -0.1) is 11.8 Å². The maximum atomic E-state index is 5.77. The van der Waals surface area contributed by atoms with Gasteiger partial charge in [-0.2, -0.15) is 5.10 Å². The highest BCUT2D eigenvalue weighted by molar-refractivity contribution is 7.98. The van der Waals surface area contributed by atoms with Crippen LogP contribution in [0.1, 0.15) is 30.2 Å². The number of aromatic nitrogens is 3. The topological polar surface area (TPSA) is 42.7 Å². The smallest absolute Gasteiger partial charge is 0.142 e. The minimum absolute atomic E-state index is 0.751. The molecule has 0 aliphatic rings. The summed E-state index contributed by atoms with van der Waals surface area (Å²) in [5.41, 5.74) is 7.79. The van der Waals surface area contributed by atoms with E-state index in [4.69, 9.17) is 9.84 Å². The van der Waals surface area contributed by atoms with Crippen LogP contribution in [0.15, 0.2) is 59.8 Å². The number of hydrogen-bond donors (Lipinski definition) is 0. The Morgan fingerprint density at radius 1 is 1.09 bits per heavy atom. The molecular formula is C26H30N4OS. The first-order valence-electron chi connectivity index (χ1n) is 10.9. The molecule has 0 atom stereocenters. The molecule has 4 rings (SSSR count). The number of hydrogen-bond acceptors (Lipinski definition) is 5. The third-order valence-corrected chi connectivity index (χ3v) is 6.26. The number of fused-ring (bicyclic) bond motifs is 1. The van der Waals surface area contributed by atoms with Gasteiger partial charge < -0.3 is 9.64 Å². The Bertz CT molecular complexity index is 1220. The Balaban J connectivity index is 1.91. The van der Waals surface area contributed by atoms with Crippen LogP contribution in [0, 0.1) is 13.8 Å². The summed E-state index contributed by atoms with van der Waals surface area (Å²) in [4.78, 5) is 6.96. The largest absolute Gasteiger partial charge is 0.496 e. The van der Waals surface area contributed by atoms with Gasteiger partial charge in [-0.1, -0.05) is 25.1 Å². The van der Waals surface area contributed by atoms with Gasteiger partial charge in [0.15, 0.2) is 0 Å². The van der Waals surface area contributed by atoms with Gasteiger partial charge in [0.2, 0.25) is 0 Å². The Morgan fingerprint density at radius 2 is 1.94 bits per heavy atom. The molecule has 0 aliphatic carbocycles. The lowest BCUT2D eigenvalue weighted by Gasteiger charge is -2.24. The number of benzene rings is 1. The predicted molar refractivity (Wildman–Crippen MR) is 134 cm³/mol. The molecule has 0 amide bonds. The summed E-state index contributed by atoms with van der Waals surface area (Å²) in [6, 6.07) is 16.8. The van der Waals surface area contributed by atoms with Crippen molar-refractivity contribution in [2.45, 2.75) is 38.8 Å². The highest BCUT2D eigenvalue weighted by Gasteiger charge is 2.22. The van der Waals surface area contributed by atoms with E-state index in [0.29, 0.717) is 0 Å². The number of rotatable bonds is 8. The molecule has 0 unspecified atom stereocenters. The van der Waals surface area contributed by atoms with Crippen LogP contribution in [0.4, 0.5) is 5.69 Å². The Kier molecular flexibility index (Phi) is 6.70. The molecule has 0 bridgehead atoms. The van der Waals surface area contributed by atoms with Crippen LogP contribution in [0.5, 0.6) is 5.75 Å². The summed E-state index contributed by atoms with van der Waals surface area (Å²) in [6.45, 7) is 8.12. The van der Waals surface area contributed by atoms with E-state index < -0.39 is 0 Å². The van der Waals surface area contributed by atoms with Crippen LogP contribution in [0.3, 0.4) is 0 Å². The zero-order chi connectivity index (χ0) is 22.7. The van der Waals surface area contributed by atoms with E-state index in [1.165, 1.54) is 11.1 Å². The van der Waals surface area contributed by atoms with Gasteiger partial charge in [0, 0.05) is 18.3 Å². The van der Waals surface area contributed by atoms with Crippen LogP contribution in [0.2, 0.25) is 0 Å². The number of methoxy groups -OCH3 is 1. The molecule has 0 saturated carbocycles. The van der Waals surface area contributed by atoms with Crippen molar-refractivity contribution in [1.29, 1.82) is 0 Å². The molecule has 0 radical (unpaired) electrons. The van der Waals surface area contributed by atoms with Crippen LogP contribution in [-0.2, 0) is 6.54 Å². The van der Waals surface area contributed by atoms with E-state index in [0.717, 1.165) is 58.4 Å². The van der Waals surface area contributed by atoms with Crippen molar-refractivity contribution >= 4 is 23.0 Å². The number of aryl methyl sites for hydroxylation is 2. The van der Waals surface area contributed by atoms with Crippen LogP contribution < -0.4 is 9.64 Å². The highest BCUT2D eigenvalue weighted by atomic mass is 32.2. The highest BCUT2D eigenvalue weighted by Crippen LogP contribution is 2.39. The van der Waals surface area contributed by atoms with Crippen LogP contribution >= 0.6 is 11.8 Å². The normalized spacial score (nSPS) is 11.2. The third-order valence-electron chi connectivity index (χ3n) is 5.60. The van der Waals surface area contributed by atoms with Crippen LogP contribution in [0.25, 0.3) is 16.8 Å². The fraction of sp³-hybridized carbons (Fsp3) is 0.308. The Labute approximate surface area is 194 Å². The lowest BCUT2D eigenvalue weighted by molar-refractivity contribution is 0.415. The van der Waals surface area contributed by atoms with Gasteiger partial charge in [0.05, 0.1) is 36.2 Å². The summed E-state index contributed by atoms with van der Waals surface area (Å²) in [5, 5.41) is 6.07. The van der Waals surface area contributed by atoms with E-state index >= 15 is 0 Å². The zero-order valence-corrected chi connectivity index (χ0v) is 20.2. The van der Waals surface area contributed by atoms with Gasteiger partial charge in [-0.3, -0.25) is 4.98 Å². The molecule has 3 heterocycles. The Morgan fingerprint density at radius 3 is 2.62 bits per heavy atom. The van der Waals surface area contributed by atoms with Crippen molar-refractivity contribution in [1.82, 2.24) is 14.6 Å². The quantitative estimate of drug-likeness (QED) is 0.303. The molecule has 0 fully saturated rings. The molecule has 5 nitrogen and oxygen atoms in total. The first-order chi connectivity index (χ1) is 15.6. The van der Waals surface area contributed by atoms with Crippen molar-refractivity contribution in [3.05, 3.63) is 71.5 Å². The fourth-order valence-electron chi connectivity index (χ4n) is 4.30. The Hall–Kier alpha value is -2.99. The molecule has 6 heteroatoms. The van der Waals surface area contributed by atoms with E-state index in [-0.39, 0.29) is 0 Å². The minimum Gasteiger partial charge on any atom is -0.496 e. The first-order valence-corrected chi connectivity index (χ1v) is 12.2. The zero-order valence-electron chi connectivity index (χ0n) is 19.4. The van der Waals surface area contributed by atoms with Gasteiger partial charge >= 0.3 is 0 Å². The van der Waals surface area contributed by atoms with Crippen molar-refractivity contribution in [3.8, 4) is 17.0 Å². The molecular weight excluding hydrogens is 416 g/mol. The average Bonchev–Trinajstić information content (AvgIpc) is 3.18. The number of thioether (sulfide) groups is 1. The first kappa shape index (κ1) is 22.2. The summed E-state index contributed by atoms with van der Waals surface area (Å²) >= 11 is 1.68. The van der Waals surface area contributed by atoms with Crippen molar-refractivity contribution in [2.75, 3.05) is 24.8 Å². The van der Waals surface area contributed by atoms with E-state index in [1.54, 1.807) is 18.9 Å². The molecule has 1 aromatic carbocycles. The number of nitrogens with zero attached hydrogens (tertiary/aromatic N) is 4. The lowest BCUT2D eigenvalue weighted by Crippen LogP contribution is -2.24. The molecule has 3 aromatic heterocycles. The monoisotopic (exact) mass is 446 g/mol. The lowest BCUT2D eigenvalue weighted by atomic mass is 10.0. The van der Waals surface area contributed by atoms with Crippen molar-refractivity contribution in [2.24, 2.45) is 0 Å². The van der Waals surface area contributed by atoms with Gasteiger partial charge in [-0.05, 0) is 68.0 Å². The van der Waals surface area contributed by atoms with Gasteiger partial charge in [0.1, 0.15) is 10.8 Å². The van der Waals surface area contributed by atoms with E-state index in [2.05, 4.69) is 77.8 Å². The van der Waals surface area contributed by atoms with E-state index in [1.807, 2.05) is 18.3 Å². The summed E-state index contributed by atoms with van der Waals surface area (Å²) in [7, 11) is 1.73. The summed E-state index contributed by atoms with van der Waals surface area (Å²) < 4.78 is 7.85. The second-order valence-corrected chi connectivity index (χ2v) is 8.76. The molecule has 4 aromatic rings. The number of pyridine rings is 2. The van der Waals surface area contributed by atoms with Gasteiger partial charge in [-0.25, -0.2) is 4.52 Å². The van der Waals surface area contributed by atoms with Gasteiger partial charge in [0.25, 0.3) is 0 Å². The fourth-order valence-corrected chi connectivity index (χ4v) is 4.90. The molecule has 166 valence electrons. The summed E-state index contributed by atoms with van der Waals surface area (Å²) in [5.74, 6) is 0.872. The maximum absolute atomic E-state index is 5.77. The predicted octanol–water partition coefficient (Wildman–Crippen LogP) is 6.16. The van der Waals surface area contributed by atoms with E-state index in [9.17, 15) is 0 Å². The molecule has 0 aliphatic heterocycles. The second kappa shape index (κ2) is 9.65. The van der Waals surface area contributed by atoms with Crippen LogP contribution in [-0.4, -0.2) is 34.5 Å². The standard InChI is InChI=1S/C26H30N4OS/c1-6-14-29(17-20-10-7-8-13-27-20)25-22-12-9-11-21(30(22)28-26(25)32-5)24-19(3)15-18(2)16-23(24)31-4/h7-13,15-16H,6,14,17H2,1-5H3. The minimum atomic E-state index is 0.751. The third kappa shape index (κ3) is 4.19. The second-order valence-electron chi connectivity index (χ2n) is 7.97. The van der Waals surface area contributed by atoms with Crippen molar-refractivity contribution in [3.63, 3.8) is 0 Å².